The molecule has 1 saturated carbocycles. The molecule has 2 heteroatoms. The van der Waals surface area contributed by atoms with Crippen molar-refractivity contribution in [3.8, 4) is 0 Å². The molecule has 0 amide bonds. The van der Waals surface area contributed by atoms with Crippen molar-refractivity contribution in [2.45, 2.75) is 43.9 Å². The molecule has 1 nitrogen and oxygen atoms in total. The zero-order valence-corrected chi connectivity index (χ0v) is 7.49. The molecule has 10 heavy (non-hydrogen) atoms. The highest BCUT2D eigenvalue weighted by atomic mass is 32.2. The van der Waals surface area contributed by atoms with Crippen LogP contribution in [0.25, 0.3) is 0 Å². The first-order chi connectivity index (χ1) is 4.79. The third kappa shape index (κ3) is 2.93. The molecule has 0 bridgehead atoms. The molecule has 0 heterocycles. The Labute approximate surface area is 67.8 Å². The van der Waals surface area contributed by atoms with Gasteiger partial charge < -0.3 is 5.73 Å². The van der Waals surface area contributed by atoms with E-state index in [1.54, 1.807) is 0 Å². The summed E-state index contributed by atoms with van der Waals surface area (Å²) in [6, 6.07) is 0.380. The summed E-state index contributed by atoms with van der Waals surface area (Å²) < 4.78 is 0. The van der Waals surface area contributed by atoms with Gasteiger partial charge in [-0.2, -0.15) is 11.8 Å². The van der Waals surface area contributed by atoms with Crippen LogP contribution in [-0.4, -0.2) is 17.0 Å². The molecule has 0 aromatic carbocycles. The molecule has 1 aliphatic rings. The summed E-state index contributed by atoms with van der Waals surface area (Å²) in [5, 5.41) is 0.936. The van der Waals surface area contributed by atoms with Crippen molar-refractivity contribution < 1.29 is 0 Å². The molecule has 1 fully saturated rings. The lowest BCUT2D eigenvalue weighted by Crippen LogP contribution is -2.19. The van der Waals surface area contributed by atoms with Crippen molar-refractivity contribution >= 4 is 11.8 Å². The Balaban J connectivity index is 2.01. The summed E-state index contributed by atoms with van der Waals surface area (Å²) in [6.07, 6.45) is 5.74. The quantitative estimate of drug-likeness (QED) is 0.681. The van der Waals surface area contributed by atoms with E-state index in [2.05, 4.69) is 18.7 Å². The predicted octanol–water partition coefficient (Wildman–Crippen LogP) is 2.01. The SMILES string of the molecule is C[C@@H](N)CSC1CCCC1. The zero-order chi connectivity index (χ0) is 7.40. The second kappa shape index (κ2) is 4.24. The van der Waals surface area contributed by atoms with Gasteiger partial charge in [0.15, 0.2) is 0 Å². The molecule has 0 radical (unpaired) electrons. The highest BCUT2D eigenvalue weighted by molar-refractivity contribution is 7.99. The summed E-state index contributed by atoms with van der Waals surface area (Å²) in [7, 11) is 0. The topological polar surface area (TPSA) is 26.0 Å². The van der Waals surface area contributed by atoms with Crippen LogP contribution in [0.4, 0.5) is 0 Å². The fraction of sp³-hybridized carbons (Fsp3) is 1.00. The van der Waals surface area contributed by atoms with Gasteiger partial charge in [-0.1, -0.05) is 12.8 Å². The fourth-order valence-electron chi connectivity index (χ4n) is 1.34. The Hall–Kier alpha value is 0.310. The van der Waals surface area contributed by atoms with Crippen molar-refractivity contribution in [3.05, 3.63) is 0 Å². The first-order valence-corrected chi connectivity index (χ1v) is 5.21. The second-order valence-corrected chi connectivity index (χ2v) is 4.55. The van der Waals surface area contributed by atoms with E-state index in [9.17, 15) is 0 Å². The monoisotopic (exact) mass is 159 g/mol. The maximum atomic E-state index is 5.65. The van der Waals surface area contributed by atoms with E-state index >= 15 is 0 Å². The Kier molecular flexibility index (Phi) is 3.57. The molecule has 0 spiro atoms. The molecule has 0 saturated heterocycles. The van der Waals surface area contributed by atoms with Crippen LogP contribution in [0, 0.1) is 0 Å². The minimum absolute atomic E-state index is 0.380. The lowest BCUT2D eigenvalue weighted by Gasteiger charge is -2.09. The molecular formula is C8H17NS. The molecule has 0 unspecified atom stereocenters. The highest BCUT2D eigenvalue weighted by Crippen LogP contribution is 2.29. The number of hydrogen-bond acceptors (Lipinski definition) is 2. The summed E-state index contributed by atoms with van der Waals surface area (Å²) in [5.74, 6) is 1.14. The Morgan fingerprint density at radius 3 is 2.60 bits per heavy atom. The van der Waals surface area contributed by atoms with Crippen molar-refractivity contribution in [2.24, 2.45) is 5.73 Å². The number of nitrogens with two attached hydrogens (primary N) is 1. The van der Waals surface area contributed by atoms with Gasteiger partial charge in [-0.15, -0.1) is 0 Å². The average molecular weight is 159 g/mol. The van der Waals surface area contributed by atoms with Crippen LogP contribution >= 0.6 is 11.8 Å². The van der Waals surface area contributed by atoms with E-state index in [1.807, 2.05) is 0 Å². The van der Waals surface area contributed by atoms with Crippen LogP contribution in [0.1, 0.15) is 32.6 Å². The fourth-order valence-corrected chi connectivity index (χ4v) is 2.59. The molecule has 0 aliphatic heterocycles. The van der Waals surface area contributed by atoms with E-state index in [-0.39, 0.29) is 0 Å². The standard InChI is InChI=1S/C8H17NS/c1-7(9)6-10-8-4-2-3-5-8/h7-8H,2-6,9H2,1H3/t7-/m1/s1. The number of thioether (sulfide) groups is 1. The van der Waals surface area contributed by atoms with Gasteiger partial charge in [0, 0.05) is 17.0 Å². The normalized spacial score (nSPS) is 23.4. The number of rotatable bonds is 3. The van der Waals surface area contributed by atoms with E-state index in [4.69, 9.17) is 5.73 Å². The van der Waals surface area contributed by atoms with Crippen LogP contribution in [0.5, 0.6) is 0 Å². The zero-order valence-electron chi connectivity index (χ0n) is 6.68. The van der Waals surface area contributed by atoms with Gasteiger partial charge in [0.05, 0.1) is 0 Å². The van der Waals surface area contributed by atoms with E-state index in [0.29, 0.717) is 6.04 Å². The molecule has 60 valence electrons. The van der Waals surface area contributed by atoms with Crippen LogP contribution in [-0.2, 0) is 0 Å². The largest absolute Gasteiger partial charge is 0.327 e. The molecule has 0 aromatic heterocycles. The first-order valence-electron chi connectivity index (χ1n) is 4.16. The first kappa shape index (κ1) is 8.41. The maximum absolute atomic E-state index is 5.65. The van der Waals surface area contributed by atoms with Crippen molar-refractivity contribution in [1.29, 1.82) is 0 Å². The second-order valence-electron chi connectivity index (χ2n) is 3.22. The maximum Gasteiger partial charge on any atom is 0.0102 e. The predicted molar refractivity (Wildman–Crippen MR) is 48.4 cm³/mol. The lowest BCUT2D eigenvalue weighted by atomic mass is 10.4. The van der Waals surface area contributed by atoms with Gasteiger partial charge in [-0.05, 0) is 19.8 Å². The summed E-state index contributed by atoms with van der Waals surface area (Å²) >= 11 is 2.07. The van der Waals surface area contributed by atoms with Crippen LogP contribution in [0.3, 0.4) is 0 Å². The Bertz CT molecular complexity index is 87.3. The smallest absolute Gasteiger partial charge is 0.0102 e. The average Bonchev–Trinajstić information content (AvgIpc) is 2.34. The molecular weight excluding hydrogens is 142 g/mol. The third-order valence-electron chi connectivity index (χ3n) is 1.90. The molecule has 1 aliphatic carbocycles. The minimum atomic E-state index is 0.380. The van der Waals surface area contributed by atoms with Crippen molar-refractivity contribution in [1.82, 2.24) is 0 Å². The van der Waals surface area contributed by atoms with Crippen LogP contribution < -0.4 is 5.73 Å². The summed E-state index contributed by atoms with van der Waals surface area (Å²) in [5.41, 5.74) is 5.65. The molecule has 1 atom stereocenters. The van der Waals surface area contributed by atoms with Gasteiger partial charge >= 0.3 is 0 Å². The van der Waals surface area contributed by atoms with Crippen LogP contribution in [0.2, 0.25) is 0 Å². The Morgan fingerprint density at radius 1 is 1.50 bits per heavy atom. The number of hydrogen-bond donors (Lipinski definition) is 1. The Morgan fingerprint density at radius 2 is 2.10 bits per heavy atom. The van der Waals surface area contributed by atoms with Gasteiger partial charge in [-0.3, -0.25) is 0 Å². The van der Waals surface area contributed by atoms with Gasteiger partial charge in [-0.25, -0.2) is 0 Å². The lowest BCUT2D eigenvalue weighted by molar-refractivity contribution is 0.834. The minimum Gasteiger partial charge on any atom is -0.327 e. The third-order valence-corrected chi connectivity index (χ3v) is 3.56. The van der Waals surface area contributed by atoms with Crippen molar-refractivity contribution in [3.63, 3.8) is 0 Å². The van der Waals surface area contributed by atoms with Crippen LogP contribution in [0.15, 0.2) is 0 Å². The van der Waals surface area contributed by atoms with E-state index < -0.39 is 0 Å². The molecule has 1 rings (SSSR count). The van der Waals surface area contributed by atoms with E-state index in [0.717, 1.165) is 11.0 Å². The van der Waals surface area contributed by atoms with Gasteiger partial charge in [0.2, 0.25) is 0 Å². The molecule has 0 aromatic rings. The summed E-state index contributed by atoms with van der Waals surface area (Å²) in [6.45, 7) is 2.09. The van der Waals surface area contributed by atoms with Gasteiger partial charge in [0.25, 0.3) is 0 Å². The van der Waals surface area contributed by atoms with Crippen molar-refractivity contribution in [2.75, 3.05) is 5.75 Å². The van der Waals surface area contributed by atoms with E-state index in [1.165, 1.54) is 25.7 Å². The summed E-state index contributed by atoms with van der Waals surface area (Å²) in [4.78, 5) is 0. The van der Waals surface area contributed by atoms with Gasteiger partial charge in [0.1, 0.15) is 0 Å². The molecule has 2 N–H and O–H groups in total. The highest BCUT2D eigenvalue weighted by Gasteiger charge is 2.14.